The van der Waals surface area contributed by atoms with E-state index >= 15 is 0 Å². The fourth-order valence-electron chi connectivity index (χ4n) is 4.13. The SMILES string of the molecule is Cc1ncc(-c2cc3cc[nH]c(=O)c3c(Nc3ccc(N4CC(C)OC(C)C4)nc3)n2)cn1. The molecule has 4 aromatic heterocycles. The summed E-state index contributed by atoms with van der Waals surface area (Å²) < 4.78 is 5.82. The van der Waals surface area contributed by atoms with Crippen molar-refractivity contribution in [2.75, 3.05) is 23.3 Å². The van der Waals surface area contributed by atoms with E-state index in [1.807, 2.05) is 31.2 Å². The first-order valence-corrected chi connectivity index (χ1v) is 10.9. The lowest BCUT2D eigenvalue weighted by atomic mass is 10.1. The van der Waals surface area contributed by atoms with Gasteiger partial charge in [0.2, 0.25) is 0 Å². The molecule has 9 nitrogen and oxygen atoms in total. The van der Waals surface area contributed by atoms with Crippen molar-refractivity contribution >= 4 is 28.1 Å². The molecule has 0 amide bonds. The van der Waals surface area contributed by atoms with Gasteiger partial charge < -0.3 is 19.9 Å². The predicted molar refractivity (Wildman–Crippen MR) is 128 cm³/mol. The number of pyridine rings is 3. The zero-order valence-electron chi connectivity index (χ0n) is 18.7. The summed E-state index contributed by atoms with van der Waals surface area (Å²) in [7, 11) is 0. The minimum absolute atomic E-state index is 0.157. The van der Waals surface area contributed by atoms with Crippen LogP contribution in [0.5, 0.6) is 0 Å². The Morgan fingerprint density at radius 1 is 1.06 bits per heavy atom. The van der Waals surface area contributed by atoms with Gasteiger partial charge in [0, 0.05) is 37.2 Å². The van der Waals surface area contributed by atoms with E-state index in [9.17, 15) is 4.79 Å². The number of nitrogens with zero attached hydrogens (tertiary/aromatic N) is 5. The van der Waals surface area contributed by atoms with Crippen LogP contribution in [0.1, 0.15) is 19.7 Å². The molecule has 5 rings (SSSR count). The van der Waals surface area contributed by atoms with Crippen molar-refractivity contribution < 1.29 is 4.74 Å². The zero-order chi connectivity index (χ0) is 22.9. The van der Waals surface area contributed by atoms with Crippen molar-refractivity contribution in [1.82, 2.24) is 24.9 Å². The Morgan fingerprint density at radius 2 is 1.82 bits per heavy atom. The first-order valence-electron chi connectivity index (χ1n) is 10.9. The Hall–Kier alpha value is -3.85. The van der Waals surface area contributed by atoms with Crippen molar-refractivity contribution in [3.05, 3.63) is 65.2 Å². The summed E-state index contributed by atoms with van der Waals surface area (Å²) in [4.78, 5) is 35.5. The van der Waals surface area contributed by atoms with Gasteiger partial charge in [0.1, 0.15) is 17.5 Å². The molecule has 168 valence electrons. The van der Waals surface area contributed by atoms with Gasteiger partial charge >= 0.3 is 0 Å². The average Bonchev–Trinajstić information content (AvgIpc) is 2.79. The van der Waals surface area contributed by atoms with Crippen LogP contribution in [0.2, 0.25) is 0 Å². The molecule has 9 heteroatoms. The summed E-state index contributed by atoms with van der Waals surface area (Å²) in [5.74, 6) is 2.03. The van der Waals surface area contributed by atoms with Gasteiger partial charge in [0.15, 0.2) is 0 Å². The third-order valence-corrected chi connectivity index (χ3v) is 5.59. The van der Waals surface area contributed by atoms with Gasteiger partial charge in [-0.1, -0.05) is 0 Å². The number of H-pyrrole nitrogens is 1. The molecular weight excluding hydrogens is 418 g/mol. The second kappa shape index (κ2) is 8.59. The van der Waals surface area contributed by atoms with E-state index in [1.54, 1.807) is 24.8 Å². The lowest BCUT2D eigenvalue weighted by molar-refractivity contribution is -0.00545. The van der Waals surface area contributed by atoms with E-state index in [4.69, 9.17) is 9.72 Å². The van der Waals surface area contributed by atoms with E-state index < -0.39 is 0 Å². The van der Waals surface area contributed by atoms with Crippen molar-refractivity contribution in [3.8, 4) is 11.3 Å². The summed E-state index contributed by atoms with van der Waals surface area (Å²) >= 11 is 0. The van der Waals surface area contributed by atoms with E-state index in [0.717, 1.165) is 35.5 Å². The van der Waals surface area contributed by atoms with E-state index in [0.29, 0.717) is 22.7 Å². The third kappa shape index (κ3) is 4.40. The normalized spacial score (nSPS) is 18.5. The zero-order valence-corrected chi connectivity index (χ0v) is 18.7. The first-order chi connectivity index (χ1) is 16.0. The summed E-state index contributed by atoms with van der Waals surface area (Å²) in [5.41, 5.74) is 1.98. The standard InChI is InChI=1S/C24H25N7O2/c1-14-12-31(13-15(2)33-14)21-5-4-19(11-28-21)29-23-22-17(6-7-25-24(22)32)8-20(30-23)18-9-26-16(3)27-10-18/h4-11,14-15H,12-13H2,1-3H3,(H,25,32)(H,29,30). The van der Waals surface area contributed by atoms with Gasteiger partial charge in [-0.2, -0.15) is 0 Å². The molecular formula is C24H25N7O2. The number of fused-ring (bicyclic) bond motifs is 1. The lowest BCUT2D eigenvalue weighted by Gasteiger charge is -2.36. The Morgan fingerprint density at radius 3 is 2.52 bits per heavy atom. The van der Waals surface area contributed by atoms with E-state index in [1.165, 1.54) is 0 Å². The first kappa shape index (κ1) is 21.0. The molecule has 0 aromatic carbocycles. The van der Waals surface area contributed by atoms with Crippen molar-refractivity contribution in [2.24, 2.45) is 0 Å². The Balaban J connectivity index is 1.49. The van der Waals surface area contributed by atoms with Crippen LogP contribution in [0.25, 0.3) is 22.0 Å². The van der Waals surface area contributed by atoms with Gasteiger partial charge in [-0.25, -0.2) is 19.9 Å². The summed E-state index contributed by atoms with van der Waals surface area (Å²) in [5, 5.41) is 4.53. The van der Waals surface area contributed by atoms with Crippen molar-refractivity contribution in [2.45, 2.75) is 33.0 Å². The number of morpholine rings is 1. The van der Waals surface area contributed by atoms with Gasteiger partial charge in [0.25, 0.3) is 5.56 Å². The quantitative estimate of drug-likeness (QED) is 0.494. The van der Waals surface area contributed by atoms with Gasteiger partial charge in [0.05, 0.1) is 35.2 Å². The molecule has 1 aliphatic rings. The highest BCUT2D eigenvalue weighted by atomic mass is 16.5. The molecule has 0 aliphatic carbocycles. The van der Waals surface area contributed by atoms with Crippen LogP contribution in [0.3, 0.4) is 0 Å². The molecule has 0 radical (unpaired) electrons. The number of ether oxygens (including phenoxy) is 1. The highest BCUT2D eigenvalue weighted by Gasteiger charge is 2.23. The molecule has 2 unspecified atom stereocenters. The van der Waals surface area contributed by atoms with E-state index in [2.05, 4.69) is 44.0 Å². The third-order valence-electron chi connectivity index (χ3n) is 5.59. The Labute approximate surface area is 190 Å². The maximum Gasteiger partial charge on any atom is 0.259 e. The molecule has 1 aliphatic heterocycles. The number of hydrogen-bond donors (Lipinski definition) is 2. The van der Waals surface area contributed by atoms with Crippen LogP contribution >= 0.6 is 0 Å². The maximum atomic E-state index is 12.6. The fraction of sp³-hybridized carbons (Fsp3) is 0.292. The largest absolute Gasteiger partial charge is 0.372 e. The Bertz CT molecular complexity index is 1330. The monoisotopic (exact) mass is 443 g/mol. The smallest absolute Gasteiger partial charge is 0.259 e. The lowest BCUT2D eigenvalue weighted by Crippen LogP contribution is -2.45. The number of nitrogens with one attached hydrogen (secondary N) is 2. The highest BCUT2D eigenvalue weighted by Crippen LogP contribution is 2.28. The molecule has 4 aromatic rings. The second-order valence-corrected chi connectivity index (χ2v) is 8.34. The minimum atomic E-state index is -0.213. The van der Waals surface area contributed by atoms with Crippen LogP contribution in [-0.2, 0) is 4.74 Å². The number of rotatable bonds is 4. The number of aryl methyl sites for hydroxylation is 1. The van der Waals surface area contributed by atoms with Crippen LogP contribution in [0.4, 0.5) is 17.3 Å². The summed E-state index contributed by atoms with van der Waals surface area (Å²) in [6, 6.07) is 7.63. The fourth-order valence-corrected chi connectivity index (χ4v) is 4.13. The molecule has 1 saturated heterocycles. The molecule has 1 fully saturated rings. The molecule has 0 saturated carbocycles. The molecule has 0 spiro atoms. The summed E-state index contributed by atoms with van der Waals surface area (Å²) in [6.07, 6.45) is 7.16. The average molecular weight is 444 g/mol. The van der Waals surface area contributed by atoms with Crippen LogP contribution in [0.15, 0.2) is 53.8 Å². The molecule has 0 bridgehead atoms. The molecule has 33 heavy (non-hydrogen) atoms. The van der Waals surface area contributed by atoms with Gasteiger partial charge in [-0.15, -0.1) is 0 Å². The van der Waals surface area contributed by atoms with Crippen molar-refractivity contribution in [3.63, 3.8) is 0 Å². The number of anilines is 3. The topological polar surface area (TPSA) is 109 Å². The molecule has 2 atom stereocenters. The number of hydrogen-bond acceptors (Lipinski definition) is 8. The number of aromatic nitrogens is 5. The van der Waals surface area contributed by atoms with Gasteiger partial charge in [-0.3, -0.25) is 4.79 Å². The number of aromatic amines is 1. The summed E-state index contributed by atoms with van der Waals surface area (Å²) in [6.45, 7) is 7.57. The van der Waals surface area contributed by atoms with Crippen LogP contribution in [0, 0.1) is 6.92 Å². The molecule has 5 heterocycles. The van der Waals surface area contributed by atoms with Crippen LogP contribution < -0.4 is 15.8 Å². The predicted octanol–water partition coefficient (Wildman–Crippen LogP) is 3.44. The van der Waals surface area contributed by atoms with Gasteiger partial charge in [-0.05, 0) is 50.4 Å². The minimum Gasteiger partial charge on any atom is -0.372 e. The van der Waals surface area contributed by atoms with Crippen LogP contribution in [-0.4, -0.2) is 50.2 Å². The Kier molecular flexibility index (Phi) is 5.47. The maximum absolute atomic E-state index is 12.6. The highest BCUT2D eigenvalue weighted by molar-refractivity contribution is 5.95. The second-order valence-electron chi connectivity index (χ2n) is 8.34. The van der Waals surface area contributed by atoms with Crippen molar-refractivity contribution in [1.29, 1.82) is 0 Å². The van der Waals surface area contributed by atoms with E-state index in [-0.39, 0.29) is 17.8 Å². The molecule has 2 N–H and O–H groups in total.